The molecule has 0 saturated carbocycles. The van der Waals surface area contributed by atoms with Gasteiger partial charge in [0.2, 0.25) is 5.82 Å². The molecule has 1 fully saturated rings. The third kappa shape index (κ3) is 3.28. The third-order valence-corrected chi connectivity index (χ3v) is 3.08. The first-order valence-corrected chi connectivity index (χ1v) is 6.22. The number of rotatable bonds is 6. The van der Waals surface area contributed by atoms with E-state index in [4.69, 9.17) is 4.74 Å². The fourth-order valence-electron chi connectivity index (χ4n) is 2.14. The summed E-state index contributed by atoms with van der Waals surface area (Å²) in [6.07, 6.45) is 3.70. The molecule has 0 aromatic carbocycles. The van der Waals surface area contributed by atoms with Crippen molar-refractivity contribution in [1.82, 2.24) is 14.9 Å². The SMILES string of the molecule is COc1ncnc(NCCN2CCCC2)c1[N+](=O)[O-]. The number of hydrogen-bond acceptors (Lipinski definition) is 7. The van der Waals surface area contributed by atoms with Crippen LogP contribution in [0.3, 0.4) is 0 Å². The summed E-state index contributed by atoms with van der Waals surface area (Å²) >= 11 is 0. The van der Waals surface area contributed by atoms with Gasteiger partial charge in [-0.1, -0.05) is 0 Å². The van der Waals surface area contributed by atoms with Crippen molar-refractivity contribution >= 4 is 11.5 Å². The minimum absolute atomic E-state index is 0.0244. The van der Waals surface area contributed by atoms with Crippen molar-refractivity contribution < 1.29 is 9.66 Å². The first-order chi connectivity index (χ1) is 9.22. The highest BCUT2D eigenvalue weighted by molar-refractivity contribution is 5.60. The predicted octanol–water partition coefficient (Wildman–Crippen LogP) is 0.901. The first kappa shape index (κ1) is 13.5. The van der Waals surface area contributed by atoms with Crippen molar-refractivity contribution in [2.45, 2.75) is 12.8 Å². The molecule has 0 amide bonds. The van der Waals surface area contributed by atoms with Crippen LogP contribution in [-0.4, -0.2) is 53.1 Å². The molecule has 8 heteroatoms. The molecule has 1 aliphatic heterocycles. The van der Waals surface area contributed by atoms with Crippen LogP contribution >= 0.6 is 0 Å². The average molecular weight is 267 g/mol. The fourth-order valence-corrected chi connectivity index (χ4v) is 2.14. The summed E-state index contributed by atoms with van der Waals surface area (Å²) in [5.41, 5.74) is -0.216. The smallest absolute Gasteiger partial charge is 0.372 e. The van der Waals surface area contributed by atoms with E-state index in [9.17, 15) is 10.1 Å². The maximum atomic E-state index is 11.0. The molecule has 0 atom stereocenters. The van der Waals surface area contributed by atoms with Crippen LogP contribution in [0.5, 0.6) is 5.88 Å². The van der Waals surface area contributed by atoms with E-state index in [1.54, 1.807) is 0 Å². The van der Waals surface area contributed by atoms with Gasteiger partial charge in [0.25, 0.3) is 5.88 Å². The van der Waals surface area contributed by atoms with Gasteiger partial charge >= 0.3 is 5.69 Å². The predicted molar refractivity (Wildman–Crippen MR) is 69.4 cm³/mol. The molecule has 1 aromatic rings. The summed E-state index contributed by atoms with van der Waals surface area (Å²) in [6.45, 7) is 3.65. The lowest BCUT2D eigenvalue weighted by atomic mass is 10.4. The Kier molecular flexibility index (Phi) is 4.45. The standard InChI is InChI=1S/C11H17N5O3/c1-19-11-9(16(17)18)10(13-8-14-11)12-4-7-15-5-2-3-6-15/h8H,2-7H2,1H3,(H,12,13,14). The van der Waals surface area contributed by atoms with E-state index in [0.29, 0.717) is 6.54 Å². The minimum Gasteiger partial charge on any atom is -0.476 e. The zero-order chi connectivity index (χ0) is 13.7. The number of aromatic nitrogens is 2. The summed E-state index contributed by atoms with van der Waals surface area (Å²) in [7, 11) is 1.35. The molecule has 0 radical (unpaired) electrons. The third-order valence-electron chi connectivity index (χ3n) is 3.08. The number of nitrogens with zero attached hydrogens (tertiary/aromatic N) is 4. The number of nitro groups is 1. The highest BCUT2D eigenvalue weighted by Crippen LogP contribution is 2.30. The molecule has 1 aromatic heterocycles. The molecule has 2 rings (SSSR count). The van der Waals surface area contributed by atoms with Gasteiger partial charge in [-0.15, -0.1) is 0 Å². The fraction of sp³-hybridized carbons (Fsp3) is 0.636. The maximum absolute atomic E-state index is 11.0. The van der Waals surface area contributed by atoms with E-state index >= 15 is 0 Å². The van der Waals surface area contributed by atoms with Crippen LogP contribution in [0.4, 0.5) is 11.5 Å². The Hall–Kier alpha value is -1.96. The summed E-state index contributed by atoms with van der Waals surface area (Å²) < 4.78 is 4.88. The van der Waals surface area contributed by atoms with E-state index in [1.807, 2.05) is 0 Å². The van der Waals surface area contributed by atoms with Crippen LogP contribution < -0.4 is 10.1 Å². The van der Waals surface area contributed by atoms with Crippen LogP contribution in [0.25, 0.3) is 0 Å². The highest BCUT2D eigenvalue weighted by Gasteiger charge is 2.23. The second-order valence-electron chi connectivity index (χ2n) is 4.31. The van der Waals surface area contributed by atoms with Crippen LogP contribution in [-0.2, 0) is 0 Å². The molecule has 0 spiro atoms. The molecule has 104 valence electrons. The molecule has 19 heavy (non-hydrogen) atoms. The van der Waals surface area contributed by atoms with Gasteiger partial charge in [0.15, 0.2) is 0 Å². The van der Waals surface area contributed by atoms with Gasteiger partial charge in [-0.2, -0.15) is 4.98 Å². The van der Waals surface area contributed by atoms with Gasteiger partial charge in [-0.05, 0) is 25.9 Å². The normalized spacial score (nSPS) is 15.4. The minimum atomic E-state index is -0.531. The summed E-state index contributed by atoms with van der Waals surface area (Å²) in [4.78, 5) is 20.5. The summed E-state index contributed by atoms with van der Waals surface area (Å²) in [5.74, 6) is 0.180. The van der Waals surface area contributed by atoms with E-state index in [2.05, 4.69) is 20.2 Å². The summed E-state index contributed by atoms with van der Waals surface area (Å²) in [5, 5.41) is 14.0. The monoisotopic (exact) mass is 267 g/mol. The second-order valence-corrected chi connectivity index (χ2v) is 4.31. The molecule has 0 unspecified atom stereocenters. The number of methoxy groups -OCH3 is 1. The molecule has 0 bridgehead atoms. The number of hydrogen-bond donors (Lipinski definition) is 1. The van der Waals surface area contributed by atoms with Crippen molar-refractivity contribution in [2.75, 3.05) is 38.6 Å². The molecule has 2 heterocycles. The van der Waals surface area contributed by atoms with Gasteiger partial charge in [0.05, 0.1) is 12.0 Å². The zero-order valence-corrected chi connectivity index (χ0v) is 10.8. The Bertz CT molecular complexity index is 448. The highest BCUT2D eigenvalue weighted by atomic mass is 16.6. The molecule has 0 aliphatic carbocycles. The second kappa shape index (κ2) is 6.28. The Balaban J connectivity index is 2.00. The Morgan fingerprint density at radius 1 is 1.47 bits per heavy atom. The van der Waals surface area contributed by atoms with Crippen molar-refractivity contribution in [3.8, 4) is 5.88 Å². The van der Waals surface area contributed by atoms with Crippen LogP contribution in [0.1, 0.15) is 12.8 Å². The van der Waals surface area contributed by atoms with Gasteiger partial charge < -0.3 is 15.0 Å². The maximum Gasteiger partial charge on any atom is 0.372 e. The van der Waals surface area contributed by atoms with Crippen molar-refractivity contribution in [3.63, 3.8) is 0 Å². The Morgan fingerprint density at radius 2 is 2.21 bits per heavy atom. The lowest BCUT2D eigenvalue weighted by Crippen LogP contribution is -2.26. The summed E-state index contributed by atoms with van der Waals surface area (Å²) in [6, 6.07) is 0. The average Bonchev–Trinajstić information content (AvgIpc) is 2.91. The molecular weight excluding hydrogens is 250 g/mol. The van der Waals surface area contributed by atoms with E-state index in [1.165, 1.54) is 26.3 Å². The zero-order valence-electron chi connectivity index (χ0n) is 10.8. The van der Waals surface area contributed by atoms with Gasteiger partial charge in [-0.25, -0.2) is 4.98 Å². The number of likely N-dealkylation sites (tertiary alicyclic amines) is 1. The van der Waals surface area contributed by atoms with Crippen molar-refractivity contribution in [3.05, 3.63) is 16.4 Å². The Morgan fingerprint density at radius 3 is 2.84 bits per heavy atom. The number of ether oxygens (including phenoxy) is 1. The Labute approximate surface area is 110 Å². The molecule has 1 aliphatic rings. The molecular formula is C11H17N5O3. The van der Waals surface area contributed by atoms with Crippen LogP contribution in [0.15, 0.2) is 6.33 Å². The molecule has 1 N–H and O–H groups in total. The van der Waals surface area contributed by atoms with Crippen LogP contribution in [0.2, 0.25) is 0 Å². The molecule has 8 nitrogen and oxygen atoms in total. The quantitative estimate of drug-likeness (QED) is 0.604. The van der Waals surface area contributed by atoms with Gasteiger partial charge in [0, 0.05) is 13.1 Å². The van der Waals surface area contributed by atoms with Crippen molar-refractivity contribution in [1.29, 1.82) is 0 Å². The number of anilines is 1. The lowest BCUT2D eigenvalue weighted by Gasteiger charge is -2.15. The first-order valence-electron chi connectivity index (χ1n) is 6.22. The van der Waals surface area contributed by atoms with Gasteiger partial charge in [-0.3, -0.25) is 10.1 Å². The van der Waals surface area contributed by atoms with Gasteiger partial charge in [0.1, 0.15) is 6.33 Å². The van der Waals surface area contributed by atoms with E-state index in [-0.39, 0.29) is 17.4 Å². The number of nitrogens with one attached hydrogen (secondary N) is 1. The van der Waals surface area contributed by atoms with E-state index < -0.39 is 4.92 Å². The molecule has 1 saturated heterocycles. The lowest BCUT2D eigenvalue weighted by molar-refractivity contribution is -0.385. The van der Waals surface area contributed by atoms with E-state index in [0.717, 1.165) is 19.6 Å². The van der Waals surface area contributed by atoms with Crippen molar-refractivity contribution in [2.24, 2.45) is 0 Å². The topological polar surface area (TPSA) is 93.4 Å². The largest absolute Gasteiger partial charge is 0.476 e. The van der Waals surface area contributed by atoms with Crippen LogP contribution in [0, 0.1) is 10.1 Å².